The third-order valence-corrected chi connectivity index (χ3v) is 3.48. The second-order valence-corrected chi connectivity index (χ2v) is 4.47. The second-order valence-electron chi connectivity index (χ2n) is 4.47. The molecular weight excluding hydrogens is 220 g/mol. The van der Waals surface area contributed by atoms with Gasteiger partial charge < -0.3 is 20.1 Å². The first kappa shape index (κ1) is 14.4. The van der Waals surface area contributed by atoms with Crippen molar-refractivity contribution in [2.75, 3.05) is 40.0 Å². The molecule has 0 bridgehead atoms. The highest BCUT2D eigenvalue weighted by Crippen LogP contribution is 2.25. The smallest absolute Gasteiger partial charge is 0.243 e. The Morgan fingerprint density at radius 2 is 2.29 bits per heavy atom. The fourth-order valence-corrected chi connectivity index (χ4v) is 2.38. The van der Waals surface area contributed by atoms with Crippen LogP contribution in [0.4, 0.5) is 0 Å². The predicted octanol–water partition coefficient (Wildman–Crippen LogP) is -0.0141. The Kier molecular flexibility index (Phi) is 5.88. The van der Waals surface area contributed by atoms with Crippen LogP contribution in [0.15, 0.2) is 0 Å². The van der Waals surface area contributed by atoms with Gasteiger partial charge in [-0.15, -0.1) is 0 Å². The van der Waals surface area contributed by atoms with Crippen molar-refractivity contribution in [2.24, 2.45) is 0 Å². The van der Waals surface area contributed by atoms with Gasteiger partial charge in [0.1, 0.15) is 0 Å². The van der Waals surface area contributed by atoms with E-state index in [1.165, 1.54) is 0 Å². The summed E-state index contributed by atoms with van der Waals surface area (Å²) >= 11 is 0. The average molecular weight is 244 g/mol. The van der Waals surface area contributed by atoms with E-state index in [4.69, 9.17) is 9.84 Å². The van der Waals surface area contributed by atoms with Gasteiger partial charge in [-0.3, -0.25) is 4.79 Å². The standard InChI is InChI=1S/C12H24N2O3/c1-3-12(5-4-6-13-12)11(16)14(7-9-15)8-10-17-2/h13,15H,3-10H2,1-2H3. The monoisotopic (exact) mass is 244 g/mol. The topological polar surface area (TPSA) is 61.8 Å². The lowest BCUT2D eigenvalue weighted by Crippen LogP contribution is -2.55. The molecule has 1 saturated heterocycles. The number of rotatable bonds is 7. The minimum Gasteiger partial charge on any atom is -0.395 e. The van der Waals surface area contributed by atoms with Crippen LogP contribution >= 0.6 is 0 Å². The lowest BCUT2D eigenvalue weighted by Gasteiger charge is -2.33. The van der Waals surface area contributed by atoms with Crippen LogP contribution in [0.25, 0.3) is 0 Å². The van der Waals surface area contributed by atoms with Crippen molar-refractivity contribution in [3.05, 3.63) is 0 Å². The van der Waals surface area contributed by atoms with Gasteiger partial charge in [-0.1, -0.05) is 6.92 Å². The molecule has 0 spiro atoms. The molecule has 17 heavy (non-hydrogen) atoms. The van der Waals surface area contributed by atoms with E-state index in [2.05, 4.69) is 5.32 Å². The number of carbonyl (C=O) groups excluding carboxylic acids is 1. The summed E-state index contributed by atoms with van der Waals surface area (Å²) in [7, 11) is 1.62. The fraction of sp³-hybridized carbons (Fsp3) is 0.917. The molecule has 1 unspecified atom stereocenters. The predicted molar refractivity (Wildman–Crippen MR) is 65.8 cm³/mol. The fourth-order valence-electron chi connectivity index (χ4n) is 2.38. The Bertz CT molecular complexity index is 240. The number of nitrogens with one attached hydrogen (secondary N) is 1. The lowest BCUT2D eigenvalue weighted by molar-refractivity contribution is -0.139. The van der Waals surface area contributed by atoms with Gasteiger partial charge >= 0.3 is 0 Å². The Labute approximate surface area is 103 Å². The molecule has 2 N–H and O–H groups in total. The van der Waals surface area contributed by atoms with Crippen LogP contribution in [-0.2, 0) is 9.53 Å². The normalized spacial score (nSPS) is 23.9. The van der Waals surface area contributed by atoms with Gasteiger partial charge in [0.2, 0.25) is 5.91 Å². The zero-order chi connectivity index (χ0) is 12.7. The molecule has 100 valence electrons. The van der Waals surface area contributed by atoms with Crippen molar-refractivity contribution in [3.8, 4) is 0 Å². The van der Waals surface area contributed by atoms with Gasteiger partial charge in [0.15, 0.2) is 0 Å². The molecule has 1 fully saturated rings. The number of nitrogens with zero attached hydrogens (tertiary/aromatic N) is 1. The van der Waals surface area contributed by atoms with E-state index < -0.39 is 5.54 Å². The van der Waals surface area contributed by atoms with E-state index in [-0.39, 0.29) is 12.5 Å². The first-order valence-corrected chi connectivity index (χ1v) is 6.34. The number of hydrogen-bond acceptors (Lipinski definition) is 4. The molecule has 0 aliphatic carbocycles. The van der Waals surface area contributed by atoms with E-state index in [0.29, 0.717) is 19.7 Å². The molecule has 1 heterocycles. The minimum atomic E-state index is -0.414. The molecule has 1 aliphatic rings. The number of amides is 1. The van der Waals surface area contributed by atoms with Gasteiger partial charge in [-0.05, 0) is 25.8 Å². The Morgan fingerprint density at radius 1 is 1.53 bits per heavy atom. The van der Waals surface area contributed by atoms with Crippen LogP contribution in [0, 0.1) is 0 Å². The number of aliphatic hydroxyl groups is 1. The third-order valence-electron chi connectivity index (χ3n) is 3.48. The van der Waals surface area contributed by atoms with E-state index in [1.54, 1.807) is 12.0 Å². The molecule has 5 nitrogen and oxygen atoms in total. The molecule has 0 aromatic carbocycles. The van der Waals surface area contributed by atoms with E-state index in [0.717, 1.165) is 25.8 Å². The van der Waals surface area contributed by atoms with E-state index in [9.17, 15) is 4.79 Å². The Hall–Kier alpha value is -0.650. The van der Waals surface area contributed by atoms with Crippen LogP contribution < -0.4 is 5.32 Å². The third kappa shape index (κ3) is 3.40. The summed E-state index contributed by atoms with van der Waals surface area (Å²) in [5.41, 5.74) is -0.414. The van der Waals surface area contributed by atoms with Crippen molar-refractivity contribution in [1.82, 2.24) is 10.2 Å². The first-order valence-electron chi connectivity index (χ1n) is 6.34. The van der Waals surface area contributed by atoms with Gasteiger partial charge in [0, 0.05) is 20.2 Å². The summed E-state index contributed by atoms with van der Waals surface area (Å²) in [4.78, 5) is 14.2. The van der Waals surface area contributed by atoms with Crippen LogP contribution in [0.5, 0.6) is 0 Å². The molecule has 0 aromatic rings. The highest BCUT2D eigenvalue weighted by Gasteiger charge is 2.41. The van der Waals surface area contributed by atoms with Crippen molar-refractivity contribution in [2.45, 2.75) is 31.7 Å². The maximum atomic E-state index is 12.5. The van der Waals surface area contributed by atoms with Crippen LogP contribution in [0.3, 0.4) is 0 Å². The molecule has 0 aromatic heterocycles. The second kappa shape index (κ2) is 6.93. The van der Waals surface area contributed by atoms with Crippen molar-refractivity contribution in [3.63, 3.8) is 0 Å². The number of ether oxygens (including phenoxy) is 1. The van der Waals surface area contributed by atoms with Crippen LogP contribution in [0.1, 0.15) is 26.2 Å². The zero-order valence-corrected chi connectivity index (χ0v) is 10.9. The molecule has 1 atom stereocenters. The van der Waals surface area contributed by atoms with Gasteiger partial charge in [-0.2, -0.15) is 0 Å². The molecule has 0 saturated carbocycles. The minimum absolute atomic E-state index is 0.00471. The summed E-state index contributed by atoms with van der Waals surface area (Å²) in [5.74, 6) is 0.101. The van der Waals surface area contributed by atoms with Crippen molar-refractivity contribution in [1.29, 1.82) is 0 Å². The summed E-state index contributed by atoms with van der Waals surface area (Å²) in [6, 6.07) is 0. The maximum absolute atomic E-state index is 12.5. The Morgan fingerprint density at radius 3 is 2.76 bits per heavy atom. The number of carbonyl (C=O) groups is 1. The maximum Gasteiger partial charge on any atom is 0.243 e. The van der Waals surface area contributed by atoms with Gasteiger partial charge in [0.25, 0.3) is 0 Å². The van der Waals surface area contributed by atoms with Gasteiger partial charge in [0.05, 0.1) is 18.8 Å². The summed E-state index contributed by atoms with van der Waals surface area (Å²) in [5, 5.41) is 12.4. The molecule has 5 heteroatoms. The molecule has 1 aliphatic heterocycles. The largest absolute Gasteiger partial charge is 0.395 e. The molecule has 1 rings (SSSR count). The zero-order valence-electron chi connectivity index (χ0n) is 10.9. The van der Waals surface area contributed by atoms with Crippen LogP contribution in [0.2, 0.25) is 0 Å². The average Bonchev–Trinajstić information content (AvgIpc) is 2.83. The number of aliphatic hydroxyl groups excluding tert-OH is 1. The highest BCUT2D eigenvalue weighted by molar-refractivity contribution is 5.86. The van der Waals surface area contributed by atoms with E-state index >= 15 is 0 Å². The van der Waals surface area contributed by atoms with Crippen LogP contribution in [-0.4, -0.2) is 61.4 Å². The summed E-state index contributed by atoms with van der Waals surface area (Å²) in [6.07, 6.45) is 2.72. The van der Waals surface area contributed by atoms with Crippen molar-refractivity contribution < 1.29 is 14.6 Å². The first-order chi connectivity index (χ1) is 8.20. The number of hydrogen-bond donors (Lipinski definition) is 2. The number of methoxy groups -OCH3 is 1. The van der Waals surface area contributed by atoms with Crippen molar-refractivity contribution >= 4 is 5.91 Å². The SMILES string of the molecule is CCC1(C(=O)N(CCO)CCOC)CCCN1. The quantitative estimate of drug-likeness (QED) is 0.661. The molecular formula is C12H24N2O3. The summed E-state index contributed by atoms with van der Waals surface area (Å²) in [6.45, 7) is 4.35. The lowest BCUT2D eigenvalue weighted by atomic mass is 9.92. The highest BCUT2D eigenvalue weighted by atomic mass is 16.5. The molecule has 0 radical (unpaired) electrons. The molecule has 1 amide bonds. The van der Waals surface area contributed by atoms with Gasteiger partial charge in [-0.25, -0.2) is 0 Å². The Balaban J connectivity index is 2.67. The van der Waals surface area contributed by atoms with E-state index in [1.807, 2.05) is 6.92 Å². The summed E-state index contributed by atoms with van der Waals surface area (Å²) < 4.78 is 5.00.